The molecular weight excluding hydrogens is 320 g/mol. The second kappa shape index (κ2) is 7.42. The summed E-state index contributed by atoms with van der Waals surface area (Å²) >= 11 is 0. The van der Waals surface area contributed by atoms with Crippen LogP contribution in [-0.2, 0) is 4.74 Å². The number of ketones is 1. The normalized spacial score (nSPS) is 11.8. The van der Waals surface area contributed by atoms with Crippen LogP contribution in [0.3, 0.4) is 0 Å². The Bertz CT molecular complexity index is 808. The van der Waals surface area contributed by atoms with Gasteiger partial charge in [-0.2, -0.15) is 0 Å². The fourth-order valence-corrected chi connectivity index (χ4v) is 2.85. The monoisotopic (exact) mass is 344 g/mol. The zero-order chi connectivity index (χ0) is 18.7. The third-order valence-electron chi connectivity index (χ3n) is 4.19. The highest BCUT2D eigenvalue weighted by Gasteiger charge is 2.25. The number of hydrogen-bond donors (Lipinski definition) is 2. The maximum absolute atomic E-state index is 12.8. The molecule has 0 amide bonds. The maximum Gasteiger partial charge on any atom is 0.339 e. The molecule has 2 aromatic rings. The van der Waals surface area contributed by atoms with Crippen molar-refractivity contribution in [2.45, 2.75) is 33.7 Å². The van der Waals surface area contributed by atoms with Gasteiger partial charge in [0.05, 0.1) is 37.2 Å². The summed E-state index contributed by atoms with van der Waals surface area (Å²) in [5, 5.41) is 3.19. The van der Waals surface area contributed by atoms with E-state index in [1.54, 1.807) is 27.9 Å². The van der Waals surface area contributed by atoms with Crippen molar-refractivity contribution in [2.24, 2.45) is 0 Å². The van der Waals surface area contributed by atoms with Gasteiger partial charge < -0.3 is 19.8 Å². The Morgan fingerprint density at radius 2 is 1.84 bits per heavy atom. The molecule has 0 radical (unpaired) electrons. The third-order valence-corrected chi connectivity index (χ3v) is 4.19. The van der Waals surface area contributed by atoms with Gasteiger partial charge in [-0.1, -0.05) is 6.07 Å². The highest BCUT2D eigenvalue weighted by atomic mass is 16.5. The molecule has 25 heavy (non-hydrogen) atoms. The van der Waals surface area contributed by atoms with E-state index in [9.17, 15) is 9.59 Å². The minimum atomic E-state index is -0.502. The number of aromatic nitrogens is 1. The van der Waals surface area contributed by atoms with Gasteiger partial charge in [-0.3, -0.25) is 4.79 Å². The van der Waals surface area contributed by atoms with Gasteiger partial charge in [0, 0.05) is 5.69 Å². The number of esters is 1. The van der Waals surface area contributed by atoms with Crippen molar-refractivity contribution < 1.29 is 19.1 Å². The average Bonchev–Trinajstić information content (AvgIpc) is 2.88. The topological polar surface area (TPSA) is 80.4 Å². The summed E-state index contributed by atoms with van der Waals surface area (Å²) in [4.78, 5) is 27.7. The molecule has 6 nitrogen and oxygen atoms in total. The van der Waals surface area contributed by atoms with Crippen molar-refractivity contribution in [1.82, 2.24) is 4.98 Å². The first-order valence-corrected chi connectivity index (χ1v) is 8.03. The number of carbonyl (C=O) groups excluding carboxylic acids is 2. The lowest BCUT2D eigenvalue weighted by atomic mass is 10.0. The van der Waals surface area contributed by atoms with E-state index in [0.29, 0.717) is 28.3 Å². The molecule has 2 rings (SSSR count). The zero-order valence-corrected chi connectivity index (χ0v) is 15.4. The number of ether oxygens (including phenoxy) is 2. The summed E-state index contributed by atoms with van der Waals surface area (Å²) in [6.07, 6.45) is 0. The number of rotatable bonds is 6. The van der Waals surface area contributed by atoms with Crippen molar-refractivity contribution >= 4 is 17.4 Å². The molecule has 0 aliphatic heterocycles. The van der Waals surface area contributed by atoms with Gasteiger partial charge >= 0.3 is 5.97 Å². The third kappa shape index (κ3) is 3.68. The van der Waals surface area contributed by atoms with Gasteiger partial charge in [0.15, 0.2) is 0 Å². The summed E-state index contributed by atoms with van der Waals surface area (Å²) in [6.45, 7) is 7.23. The van der Waals surface area contributed by atoms with Gasteiger partial charge in [0.25, 0.3) is 0 Å². The molecule has 1 heterocycles. The Balaban J connectivity index is 2.30. The van der Waals surface area contributed by atoms with Crippen molar-refractivity contribution in [1.29, 1.82) is 0 Å². The Morgan fingerprint density at radius 1 is 1.16 bits per heavy atom. The molecule has 1 atom stereocenters. The van der Waals surface area contributed by atoms with Crippen LogP contribution < -0.4 is 10.1 Å². The number of anilines is 1. The molecule has 0 unspecified atom stereocenters. The van der Waals surface area contributed by atoms with Crippen LogP contribution in [0.4, 0.5) is 5.69 Å². The lowest BCUT2D eigenvalue weighted by Crippen LogP contribution is -2.27. The molecule has 0 fully saturated rings. The number of aryl methyl sites for hydroxylation is 2. The quantitative estimate of drug-likeness (QED) is 0.620. The molecule has 6 heteroatoms. The molecule has 134 valence electrons. The second-order valence-electron chi connectivity index (χ2n) is 6.05. The SMILES string of the molecule is COC(=O)c1c(C)[nH]c(C(=O)[C@H](C)Nc2cc(C)ccc2OC)c1C. The van der Waals surface area contributed by atoms with Crippen LogP contribution in [0.25, 0.3) is 0 Å². The van der Waals surface area contributed by atoms with Crippen LogP contribution in [-0.4, -0.2) is 37.0 Å². The number of Topliss-reactive ketones (excluding diaryl/α,β-unsaturated/α-hetero) is 1. The first-order chi connectivity index (χ1) is 11.8. The number of H-pyrrole nitrogens is 1. The van der Waals surface area contributed by atoms with Crippen molar-refractivity contribution in [3.8, 4) is 5.75 Å². The van der Waals surface area contributed by atoms with Crippen LogP contribution in [0.2, 0.25) is 0 Å². The molecule has 2 N–H and O–H groups in total. The average molecular weight is 344 g/mol. The largest absolute Gasteiger partial charge is 0.495 e. The summed E-state index contributed by atoms with van der Waals surface area (Å²) in [5.74, 6) is 0.0745. The molecule has 0 bridgehead atoms. The lowest BCUT2D eigenvalue weighted by Gasteiger charge is -2.17. The van der Waals surface area contributed by atoms with Gasteiger partial charge in [-0.05, 0) is 51.0 Å². The van der Waals surface area contributed by atoms with E-state index in [-0.39, 0.29) is 5.78 Å². The molecule has 0 saturated heterocycles. The van der Waals surface area contributed by atoms with E-state index in [1.165, 1.54) is 7.11 Å². The first-order valence-electron chi connectivity index (χ1n) is 8.03. The predicted octanol–water partition coefficient (Wildman–Crippen LogP) is 3.42. The van der Waals surface area contributed by atoms with E-state index in [2.05, 4.69) is 10.3 Å². The van der Waals surface area contributed by atoms with Crippen LogP contribution in [0.1, 0.15) is 44.6 Å². The van der Waals surface area contributed by atoms with Crippen LogP contribution in [0.15, 0.2) is 18.2 Å². The fraction of sp³-hybridized carbons (Fsp3) is 0.368. The minimum Gasteiger partial charge on any atom is -0.495 e. The van der Waals surface area contributed by atoms with E-state index < -0.39 is 12.0 Å². The standard InChI is InChI=1S/C19H24N2O4/c1-10-7-8-15(24-5)14(9-10)20-13(4)18(22)17-11(2)16(12(3)21-17)19(23)25-6/h7-9,13,20-21H,1-6H3/t13-/m0/s1. The lowest BCUT2D eigenvalue weighted by molar-refractivity contribution is 0.0599. The number of aromatic amines is 1. The number of nitrogens with one attached hydrogen (secondary N) is 2. The van der Waals surface area contributed by atoms with E-state index >= 15 is 0 Å². The summed E-state index contributed by atoms with van der Waals surface area (Å²) < 4.78 is 10.1. The number of methoxy groups -OCH3 is 2. The van der Waals surface area contributed by atoms with Crippen LogP contribution in [0, 0.1) is 20.8 Å². The van der Waals surface area contributed by atoms with Crippen molar-refractivity contribution in [3.63, 3.8) is 0 Å². The van der Waals surface area contributed by atoms with Crippen LogP contribution >= 0.6 is 0 Å². The Kier molecular flexibility index (Phi) is 5.51. The molecular formula is C19H24N2O4. The van der Waals surface area contributed by atoms with Gasteiger partial charge in [-0.15, -0.1) is 0 Å². The van der Waals surface area contributed by atoms with Gasteiger partial charge in [0.2, 0.25) is 5.78 Å². The van der Waals surface area contributed by atoms with E-state index in [0.717, 1.165) is 11.3 Å². The molecule has 1 aromatic carbocycles. The second-order valence-corrected chi connectivity index (χ2v) is 6.05. The van der Waals surface area contributed by atoms with Gasteiger partial charge in [0.1, 0.15) is 5.75 Å². The number of benzene rings is 1. The van der Waals surface area contributed by atoms with Gasteiger partial charge in [-0.25, -0.2) is 4.79 Å². The molecule has 0 aliphatic rings. The Labute approximate surface area is 147 Å². The highest BCUT2D eigenvalue weighted by Crippen LogP contribution is 2.27. The highest BCUT2D eigenvalue weighted by molar-refractivity contribution is 6.04. The Hall–Kier alpha value is -2.76. The molecule has 0 saturated carbocycles. The number of hydrogen-bond acceptors (Lipinski definition) is 5. The fourth-order valence-electron chi connectivity index (χ4n) is 2.85. The number of carbonyl (C=O) groups is 2. The molecule has 0 aliphatic carbocycles. The molecule has 0 spiro atoms. The summed E-state index contributed by atoms with van der Waals surface area (Å²) in [7, 11) is 2.91. The van der Waals surface area contributed by atoms with E-state index in [4.69, 9.17) is 9.47 Å². The smallest absolute Gasteiger partial charge is 0.339 e. The predicted molar refractivity (Wildman–Crippen MR) is 96.8 cm³/mol. The van der Waals surface area contributed by atoms with Crippen molar-refractivity contribution in [3.05, 3.63) is 46.3 Å². The molecule has 1 aromatic heterocycles. The Morgan fingerprint density at radius 3 is 2.44 bits per heavy atom. The summed E-state index contributed by atoms with van der Waals surface area (Å²) in [5.41, 5.74) is 3.84. The summed E-state index contributed by atoms with van der Waals surface area (Å²) in [6, 6.07) is 5.22. The van der Waals surface area contributed by atoms with E-state index in [1.807, 2.05) is 25.1 Å². The zero-order valence-electron chi connectivity index (χ0n) is 15.4. The minimum absolute atomic E-state index is 0.140. The first kappa shape index (κ1) is 18.6. The maximum atomic E-state index is 12.8. The van der Waals surface area contributed by atoms with Crippen molar-refractivity contribution in [2.75, 3.05) is 19.5 Å². The van der Waals surface area contributed by atoms with Crippen LogP contribution in [0.5, 0.6) is 5.75 Å².